The molecule has 1 heterocycles. The fourth-order valence-electron chi connectivity index (χ4n) is 4.91. The van der Waals surface area contributed by atoms with E-state index in [-0.39, 0.29) is 29.4 Å². The molecule has 1 saturated heterocycles. The van der Waals surface area contributed by atoms with Crippen LogP contribution in [0, 0.1) is 11.8 Å². The number of hydrogen-bond donors (Lipinski definition) is 0. The summed E-state index contributed by atoms with van der Waals surface area (Å²) in [6, 6.07) is 8.23. The molecule has 0 aromatic heterocycles. The Labute approximate surface area is 177 Å². The summed E-state index contributed by atoms with van der Waals surface area (Å²) in [6.45, 7) is 4.89. The van der Waals surface area contributed by atoms with E-state index in [2.05, 4.69) is 38.1 Å². The minimum absolute atomic E-state index is 0.0612. The Morgan fingerprint density at radius 1 is 1.00 bits per heavy atom. The van der Waals surface area contributed by atoms with E-state index in [1.807, 2.05) is 4.90 Å². The molecule has 3 rings (SSSR count). The molecule has 2 fully saturated rings. The van der Waals surface area contributed by atoms with Crippen LogP contribution in [0.2, 0.25) is 0 Å². The molecular weight excluding hydrogens is 382 g/mol. The van der Waals surface area contributed by atoms with Crippen LogP contribution in [0.25, 0.3) is 0 Å². The number of amides is 1. The molecule has 2 aliphatic rings. The van der Waals surface area contributed by atoms with E-state index in [0.717, 1.165) is 43.6 Å². The second-order valence-electron chi connectivity index (χ2n) is 9.05. The lowest BCUT2D eigenvalue weighted by Crippen LogP contribution is -2.44. The Morgan fingerprint density at radius 2 is 1.66 bits per heavy atom. The van der Waals surface area contributed by atoms with Crippen molar-refractivity contribution in [2.45, 2.75) is 84.2 Å². The van der Waals surface area contributed by atoms with Gasteiger partial charge in [-0.05, 0) is 55.6 Å². The third-order valence-corrected chi connectivity index (χ3v) is 8.63. The van der Waals surface area contributed by atoms with Gasteiger partial charge >= 0.3 is 0 Å². The molecule has 1 aliphatic heterocycles. The van der Waals surface area contributed by atoms with Crippen molar-refractivity contribution in [3.8, 4) is 0 Å². The van der Waals surface area contributed by atoms with Crippen molar-refractivity contribution < 1.29 is 13.2 Å². The Bertz CT molecular complexity index is 764. The molecule has 1 atom stereocenters. The molecule has 4 nitrogen and oxygen atoms in total. The zero-order chi connectivity index (χ0) is 20.9. The van der Waals surface area contributed by atoms with E-state index in [4.69, 9.17) is 0 Å². The van der Waals surface area contributed by atoms with Crippen molar-refractivity contribution in [2.75, 3.05) is 11.5 Å². The summed E-state index contributed by atoms with van der Waals surface area (Å²) >= 11 is 0. The molecule has 0 N–H and O–H groups in total. The van der Waals surface area contributed by atoms with Gasteiger partial charge in [-0.25, -0.2) is 8.42 Å². The van der Waals surface area contributed by atoms with E-state index in [9.17, 15) is 13.2 Å². The number of unbranched alkanes of at least 4 members (excludes halogenated alkanes) is 1. The number of carbonyl (C=O) groups is 1. The molecule has 1 amide bonds. The van der Waals surface area contributed by atoms with Gasteiger partial charge in [0.1, 0.15) is 0 Å². The summed E-state index contributed by atoms with van der Waals surface area (Å²) in [6.07, 6.45) is 9.55. The molecule has 29 heavy (non-hydrogen) atoms. The van der Waals surface area contributed by atoms with E-state index in [1.54, 1.807) is 0 Å². The van der Waals surface area contributed by atoms with Gasteiger partial charge in [0.25, 0.3) is 0 Å². The van der Waals surface area contributed by atoms with Crippen molar-refractivity contribution in [2.24, 2.45) is 11.8 Å². The molecule has 1 aromatic carbocycles. The fourth-order valence-corrected chi connectivity index (χ4v) is 6.64. The summed E-state index contributed by atoms with van der Waals surface area (Å²) in [5, 5.41) is 0. The SMILES string of the molecule is CCCCC1CCC(C(=O)N(Cc2ccc(CC)cc2)[C@H]2CCS(=O)(=O)C2)CC1. The molecular formula is C24H37NO3S. The van der Waals surface area contributed by atoms with E-state index in [1.165, 1.54) is 24.8 Å². The predicted octanol–water partition coefficient (Wildman–Crippen LogP) is 4.76. The van der Waals surface area contributed by atoms with Crippen LogP contribution in [0.5, 0.6) is 0 Å². The van der Waals surface area contributed by atoms with Gasteiger partial charge < -0.3 is 4.90 Å². The largest absolute Gasteiger partial charge is 0.334 e. The lowest BCUT2D eigenvalue weighted by Gasteiger charge is -2.35. The van der Waals surface area contributed by atoms with Crippen LogP contribution >= 0.6 is 0 Å². The van der Waals surface area contributed by atoms with Crippen molar-refractivity contribution in [3.05, 3.63) is 35.4 Å². The maximum Gasteiger partial charge on any atom is 0.226 e. The molecule has 1 aliphatic carbocycles. The Balaban J connectivity index is 1.69. The molecule has 5 heteroatoms. The molecule has 0 bridgehead atoms. The van der Waals surface area contributed by atoms with Crippen LogP contribution in [-0.4, -0.2) is 36.8 Å². The first-order chi connectivity index (χ1) is 13.9. The second-order valence-corrected chi connectivity index (χ2v) is 11.3. The Morgan fingerprint density at radius 3 is 2.21 bits per heavy atom. The zero-order valence-corrected chi connectivity index (χ0v) is 18.9. The number of aryl methyl sites for hydroxylation is 1. The highest BCUT2D eigenvalue weighted by molar-refractivity contribution is 7.91. The number of hydrogen-bond acceptors (Lipinski definition) is 3. The van der Waals surface area contributed by atoms with Gasteiger partial charge in [0.05, 0.1) is 11.5 Å². The maximum atomic E-state index is 13.5. The van der Waals surface area contributed by atoms with E-state index in [0.29, 0.717) is 13.0 Å². The van der Waals surface area contributed by atoms with Crippen LogP contribution in [0.3, 0.4) is 0 Å². The fraction of sp³-hybridized carbons (Fsp3) is 0.708. The first kappa shape index (κ1) is 22.3. The van der Waals surface area contributed by atoms with Crippen LogP contribution < -0.4 is 0 Å². The first-order valence-electron chi connectivity index (χ1n) is 11.5. The van der Waals surface area contributed by atoms with Gasteiger partial charge in [0.2, 0.25) is 5.91 Å². The van der Waals surface area contributed by atoms with Gasteiger partial charge in [-0.15, -0.1) is 0 Å². The average Bonchev–Trinajstić information content (AvgIpc) is 3.10. The third kappa shape index (κ3) is 6.07. The highest BCUT2D eigenvalue weighted by Crippen LogP contribution is 2.34. The Hall–Kier alpha value is -1.36. The van der Waals surface area contributed by atoms with Gasteiger partial charge in [-0.3, -0.25) is 4.79 Å². The van der Waals surface area contributed by atoms with Crippen LogP contribution in [0.1, 0.15) is 76.3 Å². The summed E-state index contributed by atoms with van der Waals surface area (Å²) in [5.74, 6) is 1.34. The molecule has 0 spiro atoms. The zero-order valence-electron chi connectivity index (χ0n) is 18.1. The van der Waals surface area contributed by atoms with E-state index >= 15 is 0 Å². The monoisotopic (exact) mass is 419 g/mol. The normalized spacial score (nSPS) is 26.3. The minimum atomic E-state index is -3.02. The molecule has 1 saturated carbocycles. The highest BCUT2D eigenvalue weighted by Gasteiger charge is 2.38. The van der Waals surface area contributed by atoms with Gasteiger partial charge in [0, 0.05) is 18.5 Å². The van der Waals surface area contributed by atoms with Gasteiger partial charge in [0.15, 0.2) is 9.84 Å². The molecule has 0 unspecified atom stereocenters. The van der Waals surface area contributed by atoms with Crippen molar-refractivity contribution in [1.29, 1.82) is 0 Å². The molecule has 1 aromatic rings. The Kier molecular flexibility index (Phi) is 7.78. The lowest BCUT2D eigenvalue weighted by atomic mass is 9.79. The number of sulfone groups is 1. The highest BCUT2D eigenvalue weighted by atomic mass is 32.2. The quantitative estimate of drug-likeness (QED) is 0.610. The topological polar surface area (TPSA) is 54.5 Å². The minimum Gasteiger partial charge on any atom is -0.334 e. The van der Waals surface area contributed by atoms with E-state index < -0.39 is 9.84 Å². The third-order valence-electron chi connectivity index (χ3n) is 6.88. The lowest BCUT2D eigenvalue weighted by molar-refractivity contribution is -0.139. The predicted molar refractivity (Wildman–Crippen MR) is 118 cm³/mol. The van der Waals surface area contributed by atoms with Crippen LogP contribution in [0.15, 0.2) is 24.3 Å². The smallest absolute Gasteiger partial charge is 0.226 e. The first-order valence-corrected chi connectivity index (χ1v) is 13.3. The number of benzene rings is 1. The summed E-state index contributed by atoms with van der Waals surface area (Å²) < 4.78 is 24.2. The summed E-state index contributed by atoms with van der Waals surface area (Å²) in [4.78, 5) is 15.4. The number of carbonyl (C=O) groups excluding carboxylic acids is 1. The number of nitrogens with zero attached hydrogens (tertiary/aromatic N) is 1. The van der Waals surface area contributed by atoms with Crippen molar-refractivity contribution in [3.63, 3.8) is 0 Å². The average molecular weight is 420 g/mol. The molecule has 0 radical (unpaired) electrons. The standard InChI is InChI=1S/C24H37NO3S/c1-3-5-6-20-11-13-22(14-12-20)24(26)25(23-15-16-29(27,28)18-23)17-21-9-7-19(4-2)8-10-21/h7-10,20,22-23H,3-6,11-18H2,1-2H3/t20?,22?,23-/m0/s1. The van der Waals surface area contributed by atoms with Crippen LogP contribution in [0.4, 0.5) is 0 Å². The van der Waals surface area contributed by atoms with Crippen molar-refractivity contribution >= 4 is 15.7 Å². The van der Waals surface area contributed by atoms with Gasteiger partial charge in [-0.1, -0.05) is 57.4 Å². The summed E-state index contributed by atoms with van der Waals surface area (Å²) in [5.41, 5.74) is 2.37. The number of rotatable bonds is 8. The molecule has 162 valence electrons. The van der Waals surface area contributed by atoms with Gasteiger partial charge in [-0.2, -0.15) is 0 Å². The second kappa shape index (κ2) is 10.1. The maximum absolute atomic E-state index is 13.5. The van der Waals surface area contributed by atoms with Crippen LogP contribution in [-0.2, 0) is 27.6 Å². The van der Waals surface area contributed by atoms with Crippen molar-refractivity contribution in [1.82, 2.24) is 4.90 Å². The summed E-state index contributed by atoms with van der Waals surface area (Å²) in [7, 11) is -3.02.